The summed E-state index contributed by atoms with van der Waals surface area (Å²) in [6, 6.07) is 16.6. The molecule has 1 heterocycles. The average Bonchev–Trinajstić information content (AvgIpc) is 2.68. The molecule has 0 atom stereocenters. The van der Waals surface area contributed by atoms with Gasteiger partial charge in [0.1, 0.15) is 5.82 Å². The van der Waals surface area contributed by atoms with Crippen LogP contribution in [-0.2, 0) is 0 Å². The summed E-state index contributed by atoms with van der Waals surface area (Å²) < 4.78 is 10.5. The smallest absolute Gasteiger partial charge is 0.257 e. The Morgan fingerprint density at radius 2 is 1.74 bits per heavy atom. The summed E-state index contributed by atoms with van der Waals surface area (Å²) in [5.74, 6) is 1.69. The molecule has 0 bridgehead atoms. The van der Waals surface area contributed by atoms with E-state index >= 15 is 0 Å². The Labute approximate surface area is 158 Å². The van der Waals surface area contributed by atoms with Gasteiger partial charge >= 0.3 is 0 Å². The monoisotopic (exact) mass is 363 g/mol. The highest BCUT2D eigenvalue weighted by Gasteiger charge is 2.08. The van der Waals surface area contributed by atoms with Crippen LogP contribution in [0.15, 0.2) is 60.8 Å². The molecule has 6 nitrogen and oxygen atoms in total. The number of aryl methyl sites for hydroxylation is 1. The highest BCUT2D eigenvalue weighted by Crippen LogP contribution is 2.30. The van der Waals surface area contributed by atoms with Crippen LogP contribution in [0.4, 0.5) is 17.2 Å². The van der Waals surface area contributed by atoms with E-state index in [0.29, 0.717) is 22.9 Å². The fourth-order valence-electron chi connectivity index (χ4n) is 2.59. The molecule has 0 aliphatic heterocycles. The molecule has 0 fully saturated rings. The first-order valence-electron chi connectivity index (χ1n) is 8.42. The molecule has 0 aliphatic rings. The highest BCUT2D eigenvalue weighted by molar-refractivity contribution is 6.04. The zero-order valence-electron chi connectivity index (χ0n) is 15.4. The molecule has 0 radical (unpaired) electrons. The van der Waals surface area contributed by atoms with Gasteiger partial charge in [-0.1, -0.05) is 12.1 Å². The normalized spacial score (nSPS) is 10.2. The quantitative estimate of drug-likeness (QED) is 0.679. The molecule has 3 aromatic rings. The van der Waals surface area contributed by atoms with Crippen molar-refractivity contribution in [2.24, 2.45) is 0 Å². The number of amides is 1. The number of pyridine rings is 1. The Kier molecular flexibility index (Phi) is 5.56. The van der Waals surface area contributed by atoms with Gasteiger partial charge in [0.05, 0.1) is 19.8 Å². The third-order valence-corrected chi connectivity index (χ3v) is 3.96. The molecule has 0 saturated carbocycles. The van der Waals surface area contributed by atoms with Crippen LogP contribution in [0.3, 0.4) is 0 Å². The first kappa shape index (κ1) is 18.3. The van der Waals surface area contributed by atoms with Crippen LogP contribution in [0.5, 0.6) is 11.5 Å². The maximum absolute atomic E-state index is 12.3. The van der Waals surface area contributed by atoms with Gasteiger partial charge in [0, 0.05) is 23.6 Å². The Morgan fingerprint density at radius 1 is 0.926 bits per heavy atom. The molecular weight excluding hydrogens is 342 g/mol. The van der Waals surface area contributed by atoms with Crippen LogP contribution < -0.4 is 20.1 Å². The number of benzene rings is 2. The van der Waals surface area contributed by atoms with Gasteiger partial charge in [-0.05, 0) is 48.9 Å². The summed E-state index contributed by atoms with van der Waals surface area (Å²) in [6.07, 6.45) is 1.54. The third kappa shape index (κ3) is 4.55. The summed E-state index contributed by atoms with van der Waals surface area (Å²) in [4.78, 5) is 16.7. The standard InChI is InChI=1S/C21H21N3O3/c1-14-5-4-6-16(11-14)24-21(25)15-7-10-20(22-13-15)23-17-8-9-18(26-2)19(12-17)27-3/h4-13H,1-3H3,(H,22,23)(H,24,25). The summed E-state index contributed by atoms with van der Waals surface area (Å²) in [7, 11) is 3.18. The Hall–Kier alpha value is -3.54. The number of hydrogen-bond acceptors (Lipinski definition) is 5. The third-order valence-electron chi connectivity index (χ3n) is 3.96. The van der Waals surface area contributed by atoms with Gasteiger partial charge in [0.15, 0.2) is 11.5 Å². The van der Waals surface area contributed by atoms with Gasteiger partial charge in [-0.25, -0.2) is 4.98 Å². The number of ether oxygens (including phenoxy) is 2. The lowest BCUT2D eigenvalue weighted by atomic mass is 10.2. The number of carbonyl (C=O) groups is 1. The predicted octanol–water partition coefficient (Wildman–Crippen LogP) is 4.40. The fraction of sp³-hybridized carbons (Fsp3) is 0.143. The molecule has 27 heavy (non-hydrogen) atoms. The lowest BCUT2D eigenvalue weighted by Crippen LogP contribution is -2.12. The van der Waals surface area contributed by atoms with Gasteiger partial charge in [-0.2, -0.15) is 0 Å². The molecule has 0 aliphatic carbocycles. The van der Waals surface area contributed by atoms with Crippen molar-refractivity contribution in [3.63, 3.8) is 0 Å². The number of nitrogens with one attached hydrogen (secondary N) is 2. The average molecular weight is 363 g/mol. The maximum atomic E-state index is 12.3. The van der Waals surface area contributed by atoms with E-state index in [-0.39, 0.29) is 5.91 Å². The Morgan fingerprint density at radius 3 is 2.41 bits per heavy atom. The first-order valence-corrected chi connectivity index (χ1v) is 8.42. The minimum atomic E-state index is -0.203. The SMILES string of the molecule is COc1ccc(Nc2ccc(C(=O)Nc3cccc(C)c3)cn2)cc1OC. The molecule has 0 spiro atoms. The summed E-state index contributed by atoms with van der Waals surface area (Å²) >= 11 is 0. The second kappa shape index (κ2) is 8.23. The molecule has 6 heteroatoms. The largest absolute Gasteiger partial charge is 0.493 e. The number of aromatic nitrogens is 1. The van der Waals surface area contributed by atoms with Gasteiger partial charge in [-0.3, -0.25) is 4.79 Å². The van der Waals surface area contributed by atoms with Gasteiger partial charge < -0.3 is 20.1 Å². The predicted molar refractivity (Wildman–Crippen MR) is 106 cm³/mol. The number of anilines is 3. The van der Waals surface area contributed by atoms with E-state index in [1.807, 2.05) is 49.4 Å². The van der Waals surface area contributed by atoms with Crippen molar-refractivity contribution in [2.45, 2.75) is 6.92 Å². The van der Waals surface area contributed by atoms with Crippen molar-refractivity contribution < 1.29 is 14.3 Å². The van der Waals surface area contributed by atoms with Crippen LogP contribution in [-0.4, -0.2) is 25.1 Å². The Balaban J connectivity index is 1.69. The van der Waals surface area contributed by atoms with E-state index in [1.54, 1.807) is 26.4 Å². The summed E-state index contributed by atoms with van der Waals surface area (Å²) in [5.41, 5.74) is 3.12. The van der Waals surface area contributed by atoms with Crippen molar-refractivity contribution in [3.8, 4) is 11.5 Å². The number of methoxy groups -OCH3 is 2. The molecule has 1 amide bonds. The van der Waals surface area contributed by atoms with E-state index in [0.717, 1.165) is 16.9 Å². The van der Waals surface area contributed by atoms with Crippen molar-refractivity contribution >= 4 is 23.1 Å². The van der Waals surface area contributed by atoms with Crippen LogP contribution in [0, 0.1) is 6.92 Å². The molecular formula is C21H21N3O3. The van der Waals surface area contributed by atoms with Gasteiger partial charge in [-0.15, -0.1) is 0 Å². The van der Waals surface area contributed by atoms with Gasteiger partial charge in [0.2, 0.25) is 0 Å². The molecule has 2 aromatic carbocycles. The van der Waals surface area contributed by atoms with E-state index < -0.39 is 0 Å². The van der Waals surface area contributed by atoms with Crippen molar-refractivity contribution in [2.75, 3.05) is 24.9 Å². The first-order chi connectivity index (χ1) is 13.1. The molecule has 1 aromatic heterocycles. The number of hydrogen-bond donors (Lipinski definition) is 2. The lowest BCUT2D eigenvalue weighted by Gasteiger charge is -2.11. The topological polar surface area (TPSA) is 72.5 Å². The summed E-state index contributed by atoms with van der Waals surface area (Å²) in [5, 5.41) is 6.04. The molecule has 3 rings (SSSR count). The number of carbonyl (C=O) groups excluding carboxylic acids is 1. The minimum Gasteiger partial charge on any atom is -0.493 e. The van der Waals surface area contributed by atoms with Gasteiger partial charge in [0.25, 0.3) is 5.91 Å². The number of nitrogens with zero attached hydrogens (tertiary/aromatic N) is 1. The van der Waals surface area contributed by atoms with E-state index in [9.17, 15) is 4.79 Å². The van der Waals surface area contributed by atoms with E-state index in [1.165, 1.54) is 6.20 Å². The highest BCUT2D eigenvalue weighted by atomic mass is 16.5. The molecule has 0 saturated heterocycles. The van der Waals surface area contributed by atoms with E-state index in [2.05, 4.69) is 15.6 Å². The van der Waals surface area contributed by atoms with E-state index in [4.69, 9.17) is 9.47 Å². The summed E-state index contributed by atoms with van der Waals surface area (Å²) in [6.45, 7) is 1.98. The zero-order chi connectivity index (χ0) is 19.2. The lowest BCUT2D eigenvalue weighted by molar-refractivity contribution is 0.102. The van der Waals surface area contributed by atoms with Crippen molar-refractivity contribution in [3.05, 3.63) is 71.9 Å². The number of rotatable bonds is 6. The second-order valence-corrected chi connectivity index (χ2v) is 5.95. The maximum Gasteiger partial charge on any atom is 0.257 e. The molecule has 0 unspecified atom stereocenters. The Bertz CT molecular complexity index is 940. The van der Waals surface area contributed by atoms with Crippen LogP contribution >= 0.6 is 0 Å². The van der Waals surface area contributed by atoms with Crippen LogP contribution in [0.2, 0.25) is 0 Å². The zero-order valence-corrected chi connectivity index (χ0v) is 15.4. The van der Waals surface area contributed by atoms with Crippen LogP contribution in [0.1, 0.15) is 15.9 Å². The minimum absolute atomic E-state index is 0.203. The van der Waals surface area contributed by atoms with Crippen LogP contribution in [0.25, 0.3) is 0 Å². The van der Waals surface area contributed by atoms with Crippen molar-refractivity contribution in [1.82, 2.24) is 4.98 Å². The molecule has 2 N–H and O–H groups in total. The molecule has 138 valence electrons. The van der Waals surface area contributed by atoms with Crippen molar-refractivity contribution in [1.29, 1.82) is 0 Å². The second-order valence-electron chi connectivity index (χ2n) is 5.95. The fourth-order valence-corrected chi connectivity index (χ4v) is 2.59.